The Kier molecular flexibility index (Phi) is 5.86. The Bertz CT molecular complexity index is 509. The SMILES string of the molecule is CN1[C@@H]2CCCC[C@H]2N(C)P1CCNC(=S)Nc1ccccc1. The van der Waals surface area contributed by atoms with Crippen LogP contribution in [0.25, 0.3) is 0 Å². The minimum absolute atomic E-state index is 0.191. The molecule has 0 aromatic heterocycles. The molecule has 126 valence electrons. The van der Waals surface area contributed by atoms with Crippen LogP contribution in [0.1, 0.15) is 25.7 Å². The van der Waals surface area contributed by atoms with Crippen LogP contribution in [0, 0.1) is 0 Å². The molecule has 23 heavy (non-hydrogen) atoms. The quantitative estimate of drug-likeness (QED) is 0.641. The highest BCUT2D eigenvalue weighted by Crippen LogP contribution is 2.54. The third kappa shape index (κ3) is 4.03. The van der Waals surface area contributed by atoms with Crippen molar-refractivity contribution in [3.63, 3.8) is 0 Å². The number of fused-ring (bicyclic) bond motifs is 1. The van der Waals surface area contributed by atoms with Crippen molar-refractivity contribution in [2.24, 2.45) is 0 Å². The van der Waals surface area contributed by atoms with Crippen molar-refractivity contribution in [3.8, 4) is 0 Å². The Morgan fingerprint density at radius 3 is 2.35 bits per heavy atom. The molecule has 0 bridgehead atoms. The first-order valence-corrected chi connectivity index (χ1v) is 10.3. The molecule has 1 aromatic carbocycles. The molecule has 1 aliphatic carbocycles. The second-order valence-corrected chi connectivity index (χ2v) is 9.27. The molecule has 1 saturated carbocycles. The molecule has 2 atom stereocenters. The number of nitrogens with zero attached hydrogens (tertiary/aromatic N) is 2. The van der Waals surface area contributed by atoms with E-state index in [1.807, 2.05) is 30.3 Å². The lowest BCUT2D eigenvalue weighted by Crippen LogP contribution is -2.37. The number of nitrogens with one attached hydrogen (secondary N) is 2. The van der Waals surface area contributed by atoms with Gasteiger partial charge in [0.15, 0.2) is 5.11 Å². The Balaban J connectivity index is 1.46. The van der Waals surface area contributed by atoms with E-state index in [9.17, 15) is 0 Å². The van der Waals surface area contributed by atoms with Gasteiger partial charge in [-0.3, -0.25) is 9.34 Å². The fraction of sp³-hybridized carbons (Fsp3) is 0.588. The Hall–Kier alpha value is -0.740. The second-order valence-electron chi connectivity index (χ2n) is 6.41. The molecule has 1 aromatic rings. The van der Waals surface area contributed by atoms with E-state index in [-0.39, 0.29) is 8.22 Å². The van der Waals surface area contributed by atoms with Gasteiger partial charge in [-0.1, -0.05) is 31.0 Å². The normalized spacial score (nSPS) is 26.0. The first-order chi connectivity index (χ1) is 11.2. The van der Waals surface area contributed by atoms with Gasteiger partial charge in [-0.2, -0.15) is 0 Å². The average Bonchev–Trinajstić information content (AvgIpc) is 2.81. The molecule has 6 heteroatoms. The van der Waals surface area contributed by atoms with E-state index < -0.39 is 0 Å². The number of para-hydroxylation sites is 1. The van der Waals surface area contributed by atoms with Gasteiger partial charge in [0.05, 0.1) is 0 Å². The molecule has 0 amide bonds. The van der Waals surface area contributed by atoms with E-state index >= 15 is 0 Å². The van der Waals surface area contributed by atoms with E-state index in [4.69, 9.17) is 12.2 Å². The Morgan fingerprint density at radius 1 is 1.13 bits per heavy atom. The van der Waals surface area contributed by atoms with Crippen LogP contribution in [-0.4, -0.2) is 53.3 Å². The van der Waals surface area contributed by atoms with E-state index in [1.54, 1.807) is 0 Å². The van der Waals surface area contributed by atoms with Gasteiger partial charge in [0, 0.05) is 38.7 Å². The topological polar surface area (TPSA) is 30.5 Å². The molecule has 1 heterocycles. The summed E-state index contributed by atoms with van der Waals surface area (Å²) in [6.07, 6.45) is 6.68. The molecule has 0 radical (unpaired) electrons. The van der Waals surface area contributed by atoms with Crippen molar-refractivity contribution in [2.75, 3.05) is 32.1 Å². The minimum Gasteiger partial charge on any atom is -0.362 e. The fourth-order valence-electron chi connectivity index (χ4n) is 3.81. The summed E-state index contributed by atoms with van der Waals surface area (Å²) in [5.41, 5.74) is 1.04. The first kappa shape index (κ1) is 17.1. The van der Waals surface area contributed by atoms with E-state index in [2.05, 4.69) is 34.1 Å². The van der Waals surface area contributed by atoms with Crippen molar-refractivity contribution in [1.29, 1.82) is 0 Å². The zero-order chi connectivity index (χ0) is 16.2. The molecule has 0 spiro atoms. The number of thiocarbonyl (C=S) groups is 1. The van der Waals surface area contributed by atoms with Gasteiger partial charge in [0.1, 0.15) is 0 Å². The monoisotopic (exact) mass is 350 g/mol. The van der Waals surface area contributed by atoms with Crippen molar-refractivity contribution < 1.29 is 0 Å². The van der Waals surface area contributed by atoms with Crippen LogP contribution < -0.4 is 10.6 Å². The molecule has 2 fully saturated rings. The zero-order valence-electron chi connectivity index (χ0n) is 14.0. The molecule has 1 aliphatic heterocycles. The summed E-state index contributed by atoms with van der Waals surface area (Å²) in [6.45, 7) is 0.929. The summed E-state index contributed by atoms with van der Waals surface area (Å²) < 4.78 is 5.29. The van der Waals surface area contributed by atoms with Crippen LogP contribution in [0.3, 0.4) is 0 Å². The number of anilines is 1. The van der Waals surface area contributed by atoms with Gasteiger partial charge in [-0.15, -0.1) is 0 Å². The van der Waals surface area contributed by atoms with Crippen LogP contribution in [-0.2, 0) is 0 Å². The zero-order valence-corrected chi connectivity index (χ0v) is 15.7. The maximum atomic E-state index is 5.39. The summed E-state index contributed by atoms with van der Waals surface area (Å²) >= 11 is 5.39. The van der Waals surface area contributed by atoms with Crippen LogP contribution in [0.5, 0.6) is 0 Å². The van der Waals surface area contributed by atoms with E-state index in [0.717, 1.165) is 30.5 Å². The second kappa shape index (κ2) is 7.89. The van der Waals surface area contributed by atoms with Gasteiger partial charge in [0.2, 0.25) is 0 Å². The van der Waals surface area contributed by atoms with Gasteiger partial charge < -0.3 is 10.6 Å². The van der Waals surface area contributed by atoms with Crippen molar-refractivity contribution in [3.05, 3.63) is 30.3 Å². The van der Waals surface area contributed by atoms with Gasteiger partial charge in [-0.25, -0.2) is 0 Å². The number of benzene rings is 1. The molecule has 4 nitrogen and oxygen atoms in total. The highest BCUT2D eigenvalue weighted by atomic mass is 32.1. The molecule has 1 saturated heterocycles. The van der Waals surface area contributed by atoms with E-state index in [1.165, 1.54) is 25.7 Å². The summed E-state index contributed by atoms with van der Waals surface area (Å²) in [7, 11) is 4.45. The highest BCUT2D eigenvalue weighted by molar-refractivity contribution is 7.80. The lowest BCUT2D eigenvalue weighted by atomic mass is 9.91. The van der Waals surface area contributed by atoms with E-state index in [0.29, 0.717) is 5.11 Å². The van der Waals surface area contributed by atoms with Crippen molar-refractivity contribution >= 4 is 31.2 Å². The van der Waals surface area contributed by atoms with Gasteiger partial charge in [0.25, 0.3) is 0 Å². The minimum atomic E-state index is -0.191. The lowest BCUT2D eigenvalue weighted by Gasteiger charge is -2.29. The van der Waals surface area contributed by atoms with Crippen LogP contribution >= 0.6 is 20.4 Å². The smallest absolute Gasteiger partial charge is 0.170 e. The maximum Gasteiger partial charge on any atom is 0.170 e. The van der Waals surface area contributed by atoms with Crippen molar-refractivity contribution in [1.82, 2.24) is 14.7 Å². The maximum absolute atomic E-state index is 5.39. The van der Waals surface area contributed by atoms with Crippen LogP contribution in [0.15, 0.2) is 30.3 Å². The third-order valence-corrected chi connectivity index (χ3v) is 7.93. The van der Waals surface area contributed by atoms with Gasteiger partial charge >= 0.3 is 0 Å². The highest BCUT2D eigenvalue weighted by Gasteiger charge is 2.43. The van der Waals surface area contributed by atoms with Gasteiger partial charge in [-0.05, 0) is 51.3 Å². The standard InChI is InChI=1S/C17H27N4PS/c1-20-15-10-6-7-11-16(15)21(2)22(20)13-12-18-17(23)19-14-8-4-3-5-9-14/h3-5,8-9,15-16H,6-7,10-13H2,1-2H3,(H2,18,19,23)/t15-,16-/m1/s1. The average molecular weight is 350 g/mol. The summed E-state index contributed by atoms with van der Waals surface area (Å²) in [4.78, 5) is 0. The Morgan fingerprint density at radius 2 is 1.74 bits per heavy atom. The molecular formula is C17H27N4PS. The summed E-state index contributed by atoms with van der Waals surface area (Å²) in [5.74, 6) is 0. The number of rotatable bonds is 4. The lowest BCUT2D eigenvalue weighted by molar-refractivity contribution is 0.233. The number of hydrogen-bond acceptors (Lipinski definition) is 3. The molecule has 2 aliphatic rings. The largest absolute Gasteiger partial charge is 0.362 e. The summed E-state index contributed by atoms with van der Waals surface area (Å²) in [5, 5.41) is 7.32. The molecule has 3 rings (SSSR count). The predicted octanol–water partition coefficient (Wildman–Crippen LogP) is 3.47. The molecular weight excluding hydrogens is 323 g/mol. The van der Waals surface area contributed by atoms with Crippen molar-refractivity contribution in [2.45, 2.75) is 37.8 Å². The predicted molar refractivity (Wildman–Crippen MR) is 104 cm³/mol. The third-order valence-electron chi connectivity index (χ3n) is 5.01. The molecule has 0 unspecified atom stereocenters. The number of hydrogen-bond donors (Lipinski definition) is 2. The Labute approximate surface area is 146 Å². The van der Waals surface area contributed by atoms with Crippen LogP contribution in [0.4, 0.5) is 5.69 Å². The first-order valence-electron chi connectivity index (χ1n) is 8.50. The number of likely N-dealkylation sites (N-methyl/N-ethyl adjacent to an activating group) is 2. The van der Waals surface area contributed by atoms with Crippen LogP contribution in [0.2, 0.25) is 0 Å². The fourth-order valence-corrected chi connectivity index (χ4v) is 6.64. The molecule has 2 N–H and O–H groups in total. The summed E-state index contributed by atoms with van der Waals surface area (Å²) in [6, 6.07) is 11.6.